The van der Waals surface area contributed by atoms with Gasteiger partial charge >= 0.3 is 6.03 Å². The molecule has 1 atom stereocenters. The molecular weight excluding hydrogens is 517 g/mol. The van der Waals surface area contributed by atoms with Crippen molar-refractivity contribution in [3.63, 3.8) is 0 Å². The number of aryl methyl sites for hydroxylation is 1. The van der Waals surface area contributed by atoms with Crippen LogP contribution in [0.1, 0.15) is 11.1 Å². The van der Waals surface area contributed by atoms with Gasteiger partial charge in [-0.15, -0.1) is 0 Å². The van der Waals surface area contributed by atoms with Gasteiger partial charge in [0.1, 0.15) is 24.7 Å². The third-order valence-corrected chi connectivity index (χ3v) is 8.87. The minimum atomic E-state index is -3.93. The molecule has 1 saturated heterocycles. The maximum Gasteiger partial charge on any atom is 0.325 e. The van der Waals surface area contributed by atoms with E-state index in [-0.39, 0.29) is 30.2 Å². The minimum Gasteiger partial charge on any atom is -0.491 e. The second kappa shape index (κ2) is 8.38. The molecule has 196 valence electrons. The fraction of sp³-hybridized carbons (Fsp3) is 0.280. The topological polar surface area (TPSA) is 131 Å². The summed E-state index contributed by atoms with van der Waals surface area (Å²) in [5.74, 6) is -2.05. The van der Waals surface area contributed by atoms with Gasteiger partial charge in [-0.3, -0.25) is 19.2 Å². The van der Waals surface area contributed by atoms with Gasteiger partial charge in [0.05, 0.1) is 23.4 Å². The van der Waals surface area contributed by atoms with Crippen molar-refractivity contribution in [3.8, 4) is 16.9 Å². The lowest BCUT2D eigenvalue weighted by Crippen LogP contribution is -2.47. The maximum absolute atomic E-state index is 13.7. The van der Waals surface area contributed by atoms with Crippen molar-refractivity contribution in [1.82, 2.24) is 24.9 Å². The molecule has 6 rings (SSSR count). The molecule has 1 fully saturated rings. The average Bonchev–Trinajstić information content (AvgIpc) is 3.40. The normalized spacial score (nSPS) is 21.6. The number of nitrogens with one attached hydrogen (secondary N) is 1. The summed E-state index contributed by atoms with van der Waals surface area (Å²) in [4.78, 5) is 41.7. The highest BCUT2D eigenvalue weighted by Crippen LogP contribution is 2.43. The van der Waals surface area contributed by atoms with E-state index in [1.54, 1.807) is 30.2 Å². The van der Waals surface area contributed by atoms with Gasteiger partial charge in [0.25, 0.3) is 5.91 Å². The predicted octanol–water partition coefficient (Wildman–Crippen LogP) is 1.18. The first-order chi connectivity index (χ1) is 18.1. The standard InChI is InChI=1S/C25H22FN5O6S/c1-29-11-17(10-27-29)15-2-4-19-21(9-15)38(35,36)14-25(19)23(33)31(24(34)28-25)13-22(32)30-6-7-37-20-5-3-18(26)8-16(20)12-30/h2-5,8-11H,6-7,12-14H2,1H3,(H,28,34)/t25-/m0/s1. The summed E-state index contributed by atoms with van der Waals surface area (Å²) in [7, 11) is -2.19. The summed E-state index contributed by atoms with van der Waals surface area (Å²) >= 11 is 0. The lowest BCUT2D eigenvalue weighted by Gasteiger charge is -2.23. The number of imide groups is 1. The van der Waals surface area contributed by atoms with E-state index in [2.05, 4.69) is 10.4 Å². The number of aromatic nitrogens is 2. The van der Waals surface area contributed by atoms with Gasteiger partial charge in [-0.2, -0.15) is 5.10 Å². The van der Waals surface area contributed by atoms with Crippen LogP contribution in [-0.4, -0.2) is 71.3 Å². The maximum atomic E-state index is 13.7. The quantitative estimate of drug-likeness (QED) is 0.495. The summed E-state index contributed by atoms with van der Waals surface area (Å²) in [5.41, 5.74) is 0.0943. The number of fused-ring (bicyclic) bond motifs is 3. The second-order valence-electron chi connectivity index (χ2n) is 9.52. The number of sulfone groups is 1. The van der Waals surface area contributed by atoms with Crippen LogP contribution in [0.4, 0.5) is 9.18 Å². The zero-order chi connectivity index (χ0) is 26.8. The summed E-state index contributed by atoms with van der Waals surface area (Å²) in [6.07, 6.45) is 3.32. The van der Waals surface area contributed by atoms with E-state index in [9.17, 15) is 27.2 Å². The van der Waals surface area contributed by atoms with Crippen LogP contribution in [0.15, 0.2) is 53.7 Å². The number of urea groups is 1. The second-order valence-corrected chi connectivity index (χ2v) is 11.5. The van der Waals surface area contributed by atoms with E-state index < -0.39 is 51.3 Å². The molecule has 0 radical (unpaired) electrons. The van der Waals surface area contributed by atoms with Crippen molar-refractivity contribution in [2.75, 3.05) is 25.4 Å². The molecule has 0 bridgehead atoms. The predicted molar refractivity (Wildman–Crippen MR) is 130 cm³/mol. The van der Waals surface area contributed by atoms with E-state index in [4.69, 9.17) is 4.74 Å². The van der Waals surface area contributed by atoms with Crippen LogP contribution >= 0.6 is 0 Å². The molecule has 3 aliphatic rings. The lowest BCUT2D eigenvalue weighted by molar-refractivity contribution is -0.139. The Balaban J connectivity index is 1.27. The van der Waals surface area contributed by atoms with Crippen LogP contribution in [0.25, 0.3) is 11.1 Å². The van der Waals surface area contributed by atoms with E-state index in [1.807, 2.05) is 0 Å². The van der Waals surface area contributed by atoms with Gasteiger partial charge < -0.3 is 15.0 Å². The van der Waals surface area contributed by atoms with Crippen LogP contribution in [0.3, 0.4) is 0 Å². The number of rotatable bonds is 3. The molecule has 3 aliphatic heterocycles. The van der Waals surface area contributed by atoms with E-state index in [0.717, 1.165) is 4.90 Å². The van der Waals surface area contributed by atoms with Crippen molar-refractivity contribution < 1.29 is 31.9 Å². The lowest BCUT2D eigenvalue weighted by atomic mass is 9.91. The molecule has 4 heterocycles. The Labute approximate surface area is 216 Å². The number of carbonyl (C=O) groups is 3. The average molecular weight is 540 g/mol. The number of hydrogen-bond acceptors (Lipinski definition) is 7. The molecule has 1 aromatic heterocycles. The van der Waals surface area contributed by atoms with Crippen LogP contribution in [0, 0.1) is 5.82 Å². The monoisotopic (exact) mass is 539 g/mol. The molecule has 0 unspecified atom stereocenters. The van der Waals surface area contributed by atoms with Gasteiger partial charge in [0.2, 0.25) is 5.91 Å². The largest absolute Gasteiger partial charge is 0.491 e. The molecule has 4 amide bonds. The number of hydrogen-bond donors (Lipinski definition) is 1. The first kappa shape index (κ1) is 24.1. The zero-order valence-electron chi connectivity index (χ0n) is 20.2. The van der Waals surface area contributed by atoms with E-state index >= 15 is 0 Å². The number of carbonyl (C=O) groups excluding carboxylic acids is 3. The highest BCUT2D eigenvalue weighted by molar-refractivity contribution is 7.92. The molecule has 1 N–H and O–H groups in total. The highest BCUT2D eigenvalue weighted by atomic mass is 32.2. The van der Waals surface area contributed by atoms with Gasteiger partial charge in [-0.25, -0.2) is 17.6 Å². The first-order valence-corrected chi connectivity index (χ1v) is 13.4. The molecule has 2 aromatic carbocycles. The fourth-order valence-electron chi connectivity index (χ4n) is 5.18. The van der Waals surface area contributed by atoms with Crippen molar-refractivity contribution >= 4 is 27.7 Å². The van der Waals surface area contributed by atoms with E-state index in [1.165, 1.54) is 35.2 Å². The van der Waals surface area contributed by atoms with Crippen LogP contribution in [-0.2, 0) is 38.6 Å². The number of nitrogens with zero attached hydrogens (tertiary/aromatic N) is 4. The zero-order valence-corrected chi connectivity index (χ0v) is 21.0. The Morgan fingerprint density at radius 2 is 2.00 bits per heavy atom. The molecular formula is C25H22FN5O6S. The van der Waals surface area contributed by atoms with Gasteiger partial charge in [0, 0.05) is 36.5 Å². The molecule has 0 saturated carbocycles. The molecule has 3 aromatic rings. The van der Waals surface area contributed by atoms with E-state index in [0.29, 0.717) is 22.4 Å². The summed E-state index contributed by atoms with van der Waals surface area (Å²) in [5, 5.41) is 6.65. The number of benzene rings is 2. The summed E-state index contributed by atoms with van der Waals surface area (Å²) in [6.45, 7) is -0.243. The van der Waals surface area contributed by atoms with Crippen LogP contribution in [0.5, 0.6) is 5.75 Å². The molecule has 13 heteroatoms. The van der Waals surface area contributed by atoms with Crippen LogP contribution in [0.2, 0.25) is 0 Å². The molecule has 11 nitrogen and oxygen atoms in total. The third kappa shape index (κ3) is 3.72. The number of amides is 4. The van der Waals surface area contributed by atoms with Crippen molar-refractivity contribution in [2.45, 2.75) is 17.0 Å². The Morgan fingerprint density at radius 3 is 2.76 bits per heavy atom. The molecule has 1 spiro atoms. The Kier molecular flexibility index (Phi) is 5.31. The minimum absolute atomic E-state index is 0.0368. The summed E-state index contributed by atoms with van der Waals surface area (Å²) < 4.78 is 47.2. The Hall–Kier alpha value is -4.26. The highest BCUT2D eigenvalue weighted by Gasteiger charge is 2.60. The van der Waals surface area contributed by atoms with Crippen molar-refractivity contribution in [3.05, 3.63) is 65.7 Å². The Bertz CT molecular complexity index is 1640. The SMILES string of the molecule is Cn1cc(-c2ccc3c(c2)S(=O)(=O)C[C@]32NC(=O)N(CC(=O)N3CCOc4ccc(F)cc4C3)C2=O)cn1. The smallest absolute Gasteiger partial charge is 0.325 e. The number of halogens is 1. The number of ether oxygens (including phenoxy) is 1. The third-order valence-electron chi connectivity index (χ3n) is 7.05. The van der Waals surface area contributed by atoms with Crippen molar-refractivity contribution in [1.29, 1.82) is 0 Å². The molecule has 0 aliphatic carbocycles. The fourth-order valence-corrected chi connectivity index (χ4v) is 7.14. The first-order valence-electron chi connectivity index (χ1n) is 11.8. The van der Waals surface area contributed by atoms with Gasteiger partial charge in [-0.1, -0.05) is 12.1 Å². The van der Waals surface area contributed by atoms with Crippen LogP contribution < -0.4 is 10.1 Å². The van der Waals surface area contributed by atoms with Gasteiger partial charge in [-0.05, 0) is 29.8 Å². The molecule has 38 heavy (non-hydrogen) atoms. The Morgan fingerprint density at radius 1 is 1.18 bits per heavy atom. The summed E-state index contributed by atoms with van der Waals surface area (Å²) in [6, 6.07) is 7.80. The van der Waals surface area contributed by atoms with Gasteiger partial charge in [0.15, 0.2) is 15.4 Å². The van der Waals surface area contributed by atoms with Crippen molar-refractivity contribution in [2.24, 2.45) is 7.05 Å².